The number of fused-ring (bicyclic) bond motifs is 1. The topological polar surface area (TPSA) is 80.6 Å². The molecular weight excluding hydrogens is 272 g/mol. The number of hydrogen-bond donors (Lipinski definition) is 1. The molecule has 1 aliphatic heterocycles. The van der Waals surface area contributed by atoms with Gasteiger partial charge in [0.1, 0.15) is 6.07 Å². The molecule has 1 aromatic rings. The van der Waals surface area contributed by atoms with Crippen LogP contribution in [0.2, 0.25) is 0 Å². The van der Waals surface area contributed by atoms with E-state index < -0.39 is 5.97 Å². The van der Waals surface area contributed by atoms with E-state index in [9.17, 15) is 4.79 Å². The molecule has 21 heavy (non-hydrogen) atoms. The van der Waals surface area contributed by atoms with Crippen LogP contribution in [0.3, 0.4) is 0 Å². The molecule has 6 heteroatoms. The molecule has 0 aromatic heterocycles. The third kappa shape index (κ3) is 3.76. The molecule has 1 aliphatic rings. The Morgan fingerprint density at radius 1 is 1.48 bits per heavy atom. The first kappa shape index (κ1) is 14.5. The van der Waals surface area contributed by atoms with Gasteiger partial charge in [0.15, 0.2) is 17.1 Å². The van der Waals surface area contributed by atoms with E-state index in [1.165, 1.54) is 6.20 Å². The lowest BCUT2D eigenvalue weighted by Crippen LogP contribution is -2.09. The van der Waals surface area contributed by atoms with Crippen LogP contribution >= 0.6 is 0 Å². The van der Waals surface area contributed by atoms with Gasteiger partial charge in [0.05, 0.1) is 6.61 Å². The highest BCUT2D eigenvalue weighted by Crippen LogP contribution is 2.32. The smallest absolute Gasteiger partial charge is 0.350 e. The predicted octanol–water partition coefficient (Wildman–Crippen LogP) is 1.95. The van der Waals surface area contributed by atoms with Crippen molar-refractivity contribution >= 4 is 12.0 Å². The molecule has 1 heterocycles. The summed E-state index contributed by atoms with van der Waals surface area (Å²) in [5.74, 6) is 0.759. The second-order valence-electron chi connectivity index (χ2n) is 4.00. The molecule has 1 N–H and O–H groups in total. The van der Waals surface area contributed by atoms with Crippen molar-refractivity contribution in [2.75, 3.05) is 13.4 Å². The summed E-state index contributed by atoms with van der Waals surface area (Å²) < 4.78 is 15.2. The van der Waals surface area contributed by atoms with Crippen LogP contribution in [0, 0.1) is 11.3 Å². The van der Waals surface area contributed by atoms with E-state index in [0.29, 0.717) is 11.5 Å². The lowest BCUT2D eigenvalue weighted by molar-refractivity contribution is -0.138. The Morgan fingerprint density at radius 3 is 3.05 bits per heavy atom. The molecular formula is C15H14N2O4. The van der Waals surface area contributed by atoms with Crippen LogP contribution < -0.4 is 14.8 Å². The van der Waals surface area contributed by atoms with Crippen LogP contribution in [0.5, 0.6) is 11.5 Å². The molecule has 0 radical (unpaired) electrons. The number of carbonyl (C=O) groups is 1. The lowest BCUT2D eigenvalue weighted by atomic mass is 10.2. The van der Waals surface area contributed by atoms with Gasteiger partial charge in [-0.1, -0.05) is 6.07 Å². The van der Waals surface area contributed by atoms with E-state index in [1.54, 1.807) is 25.3 Å². The summed E-state index contributed by atoms with van der Waals surface area (Å²) in [5, 5.41) is 11.6. The van der Waals surface area contributed by atoms with Crippen molar-refractivity contribution in [1.29, 1.82) is 5.26 Å². The molecule has 0 saturated carbocycles. The minimum Gasteiger partial charge on any atom is -0.462 e. The Morgan fingerprint density at radius 2 is 2.29 bits per heavy atom. The maximum Gasteiger partial charge on any atom is 0.350 e. The summed E-state index contributed by atoms with van der Waals surface area (Å²) in [6, 6.07) is 7.29. The van der Waals surface area contributed by atoms with Crippen molar-refractivity contribution in [1.82, 2.24) is 5.32 Å². The number of nitriles is 1. The second kappa shape index (κ2) is 7.01. The molecule has 0 aliphatic carbocycles. The molecule has 0 amide bonds. The maximum absolute atomic E-state index is 11.4. The number of ether oxygens (including phenoxy) is 3. The van der Waals surface area contributed by atoms with Gasteiger partial charge in [0, 0.05) is 12.4 Å². The highest BCUT2D eigenvalue weighted by Gasteiger charge is 2.12. The number of rotatable bonds is 5. The molecule has 0 spiro atoms. The van der Waals surface area contributed by atoms with Gasteiger partial charge < -0.3 is 19.5 Å². The SMILES string of the molecule is CCOC(=O)/C(C#N)=C\N/C=C/c1ccc2c(c1)OCO2. The van der Waals surface area contributed by atoms with E-state index >= 15 is 0 Å². The van der Waals surface area contributed by atoms with Gasteiger partial charge >= 0.3 is 5.97 Å². The third-order valence-corrected chi connectivity index (χ3v) is 2.61. The predicted molar refractivity (Wildman–Crippen MR) is 75.1 cm³/mol. The summed E-state index contributed by atoms with van der Waals surface area (Å²) in [7, 11) is 0. The van der Waals surface area contributed by atoms with Crippen molar-refractivity contribution in [2.24, 2.45) is 0 Å². The number of hydrogen-bond acceptors (Lipinski definition) is 6. The molecule has 2 rings (SSSR count). The third-order valence-electron chi connectivity index (χ3n) is 2.61. The first-order chi connectivity index (χ1) is 10.2. The van der Waals surface area contributed by atoms with E-state index in [1.807, 2.05) is 18.2 Å². The largest absolute Gasteiger partial charge is 0.462 e. The zero-order valence-electron chi connectivity index (χ0n) is 11.5. The van der Waals surface area contributed by atoms with Gasteiger partial charge in [-0.05, 0) is 30.7 Å². The normalized spacial score (nSPS) is 13.0. The van der Waals surface area contributed by atoms with Crippen LogP contribution in [0.15, 0.2) is 36.2 Å². The Balaban J connectivity index is 1.96. The maximum atomic E-state index is 11.4. The summed E-state index contributed by atoms with van der Waals surface area (Å²) in [5.41, 5.74) is 0.807. The van der Waals surface area contributed by atoms with E-state index in [4.69, 9.17) is 19.5 Å². The van der Waals surface area contributed by atoms with E-state index in [-0.39, 0.29) is 19.0 Å². The van der Waals surface area contributed by atoms with Gasteiger partial charge in [0.2, 0.25) is 6.79 Å². The Labute approximate surface area is 122 Å². The van der Waals surface area contributed by atoms with Gasteiger partial charge in [0.25, 0.3) is 0 Å². The molecule has 108 valence electrons. The summed E-state index contributed by atoms with van der Waals surface area (Å²) >= 11 is 0. The molecule has 1 aromatic carbocycles. The monoisotopic (exact) mass is 286 g/mol. The fourth-order valence-electron chi connectivity index (χ4n) is 1.64. The standard InChI is InChI=1S/C15H14N2O4/c1-2-19-15(18)12(8-16)9-17-6-5-11-3-4-13-14(7-11)21-10-20-13/h3-7,9,17H,2,10H2,1H3/b6-5+,12-9-. The number of nitrogens with zero attached hydrogens (tertiary/aromatic N) is 1. The fraction of sp³-hybridized carbons (Fsp3) is 0.200. The molecule has 0 fully saturated rings. The average Bonchev–Trinajstić information content (AvgIpc) is 2.95. The summed E-state index contributed by atoms with van der Waals surface area (Å²) in [4.78, 5) is 11.4. The number of benzene rings is 1. The first-order valence-electron chi connectivity index (χ1n) is 6.34. The zero-order chi connectivity index (χ0) is 15.1. The van der Waals surface area contributed by atoms with Crippen molar-refractivity contribution in [3.63, 3.8) is 0 Å². The Hall–Kier alpha value is -2.94. The summed E-state index contributed by atoms with van der Waals surface area (Å²) in [6.07, 6.45) is 4.67. The summed E-state index contributed by atoms with van der Waals surface area (Å²) in [6.45, 7) is 2.14. The van der Waals surface area contributed by atoms with Crippen LogP contribution in [0.25, 0.3) is 6.08 Å². The molecule has 0 bridgehead atoms. The average molecular weight is 286 g/mol. The Bertz CT molecular complexity index is 629. The van der Waals surface area contributed by atoms with Crippen molar-refractivity contribution in [3.8, 4) is 17.6 Å². The van der Waals surface area contributed by atoms with E-state index in [0.717, 1.165) is 5.56 Å². The fourth-order valence-corrected chi connectivity index (χ4v) is 1.64. The van der Waals surface area contributed by atoms with Crippen molar-refractivity contribution in [2.45, 2.75) is 6.92 Å². The molecule has 0 saturated heterocycles. The van der Waals surface area contributed by atoms with Crippen LogP contribution in [0.1, 0.15) is 12.5 Å². The number of nitrogens with one attached hydrogen (secondary N) is 1. The van der Waals surface area contributed by atoms with Gasteiger partial charge in [-0.2, -0.15) is 5.26 Å². The first-order valence-corrected chi connectivity index (χ1v) is 6.34. The van der Waals surface area contributed by atoms with E-state index in [2.05, 4.69) is 5.32 Å². The quantitative estimate of drug-likeness (QED) is 0.506. The molecule has 0 atom stereocenters. The minimum absolute atomic E-state index is 0.0906. The van der Waals surface area contributed by atoms with Crippen LogP contribution in [-0.2, 0) is 9.53 Å². The van der Waals surface area contributed by atoms with Crippen LogP contribution in [-0.4, -0.2) is 19.4 Å². The highest BCUT2D eigenvalue weighted by molar-refractivity contribution is 5.92. The highest BCUT2D eigenvalue weighted by atomic mass is 16.7. The number of esters is 1. The van der Waals surface area contributed by atoms with Crippen molar-refractivity contribution in [3.05, 3.63) is 41.7 Å². The minimum atomic E-state index is -0.649. The zero-order valence-corrected chi connectivity index (χ0v) is 11.5. The van der Waals surface area contributed by atoms with Gasteiger partial charge in [-0.25, -0.2) is 4.79 Å². The van der Waals surface area contributed by atoms with Crippen LogP contribution in [0.4, 0.5) is 0 Å². The van der Waals surface area contributed by atoms with Gasteiger partial charge in [-0.15, -0.1) is 0 Å². The molecule has 0 unspecified atom stereocenters. The van der Waals surface area contributed by atoms with Gasteiger partial charge in [-0.3, -0.25) is 0 Å². The number of carbonyl (C=O) groups excluding carboxylic acids is 1. The molecule has 6 nitrogen and oxygen atoms in total. The Kier molecular flexibility index (Phi) is 4.83. The second-order valence-corrected chi connectivity index (χ2v) is 4.00. The lowest BCUT2D eigenvalue weighted by Gasteiger charge is -1.99. The van der Waals surface area contributed by atoms with Crippen molar-refractivity contribution < 1.29 is 19.0 Å².